The Morgan fingerprint density at radius 1 is 1.12 bits per heavy atom. The number of aromatic nitrogens is 6. The van der Waals surface area contributed by atoms with Crippen LogP contribution < -0.4 is 21.3 Å². The van der Waals surface area contributed by atoms with E-state index in [-0.39, 0.29) is 11.7 Å². The van der Waals surface area contributed by atoms with E-state index in [1.165, 1.54) is 0 Å². The number of β-amino-alcohol motifs (C(OH)–C–C–N with tert-alkyl or cyclic N) is 1. The fourth-order valence-electron chi connectivity index (χ4n) is 5.61. The lowest BCUT2D eigenvalue weighted by atomic mass is 10.0. The molecular formula is C23H30N8O3. The number of likely N-dealkylation sites (tertiary alicyclic amines) is 1. The first kappa shape index (κ1) is 21.5. The molecule has 2 saturated heterocycles. The lowest BCUT2D eigenvalue weighted by Gasteiger charge is -2.33. The number of fused-ring (bicyclic) bond motifs is 2. The molecule has 0 saturated carbocycles. The second-order valence-electron chi connectivity index (χ2n) is 9.51. The van der Waals surface area contributed by atoms with Crippen LogP contribution in [0.5, 0.6) is 0 Å². The standard InChI is InChI=1S/C23H30N8O3/c1-28-19-18(27-21(28)22(33)30-11-8-15(32)12-30)20(25-13-24-19)29-9-6-14(7-10-29)31-17-5-3-2-4-16(17)26-23(31)34/h4-5,13-15,22,32-33H,2-3,6-12H2,1H3,(H,26,34). The molecule has 2 fully saturated rings. The van der Waals surface area contributed by atoms with Crippen molar-refractivity contribution in [3.05, 3.63) is 33.3 Å². The Bertz CT molecular complexity index is 1400. The quantitative estimate of drug-likeness (QED) is 0.452. The fraction of sp³-hybridized carbons (Fsp3) is 0.565. The summed E-state index contributed by atoms with van der Waals surface area (Å²) in [6.45, 7) is 2.54. The molecule has 6 rings (SSSR count). The summed E-state index contributed by atoms with van der Waals surface area (Å²) in [4.78, 5) is 33.4. The fourth-order valence-corrected chi connectivity index (χ4v) is 5.61. The van der Waals surface area contributed by atoms with E-state index in [1.807, 2.05) is 16.5 Å². The van der Waals surface area contributed by atoms with Crippen molar-refractivity contribution in [2.24, 2.45) is 7.05 Å². The van der Waals surface area contributed by atoms with Crippen LogP contribution in [-0.4, -0.2) is 76.5 Å². The van der Waals surface area contributed by atoms with Gasteiger partial charge in [0.15, 0.2) is 29.0 Å². The average Bonchev–Trinajstić information content (AvgIpc) is 3.53. The van der Waals surface area contributed by atoms with Gasteiger partial charge in [0.1, 0.15) is 6.33 Å². The molecule has 3 aromatic rings. The minimum absolute atomic E-state index is 0.0299. The van der Waals surface area contributed by atoms with Crippen molar-refractivity contribution in [3.8, 4) is 0 Å². The maximum atomic E-state index is 12.6. The predicted octanol–water partition coefficient (Wildman–Crippen LogP) is -0.893. The monoisotopic (exact) mass is 466 g/mol. The molecule has 34 heavy (non-hydrogen) atoms. The van der Waals surface area contributed by atoms with Crippen molar-refractivity contribution in [3.63, 3.8) is 0 Å². The van der Waals surface area contributed by atoms with E-state index in [0.717, 1.165) is 55.3 Å². The Kier molecular flexibility index (Phi) is 5.27. The van der Waals surface area contributed by atoms with Gasteiger partial charge < -0.3 is 24.7 Å². The van der Waals surface area contributed by atoms with Gasteiger partial charge in [-0.1, -0.05) is 12.2 Å². The predicted molar refractivity (Wildman–Crippen MR) is 126 cm³/mol. The van der Waals surface area contributed by atoms with Crippen molar-refractivity contribution in [2.45, 2.75) is 50.5 Å². The Hall–Kier alpha value is -3.02. The van der Waals surface area contributed by atoms with Gasteiger partial charge in [0.2, 0.25) is 0 Å². The molecule has 0 bridgehead atoms. The van der Waals surface area contributed by atoms with Crippen LogP contribution in [0.4, 0.5) is 5.82 Å². The topological polar surface area (TPSA) is 128 Å². The Morgan fingerprint density at radius 3 is 2.68 bits per heavy atom. The third kappa shape index (κ3) is 3.46. The van der Waals surface area contributed by atoms with Gasteiger partial charge in [0, 0.05) is 39.3 Å². The largest absolute Gasteiger partial charge is 0.392 e. The number of imidazole rings is 2. The van der Waals surface area contributed by atoms with E-state index in [0.29, 0.717) is 36.5 Å². The molecule has 11 heteroatoms. The zero-order valence-electron chi connectivity index (χ0n) is 19.3. The van der Waals surface area contributed by atoms with Crippen LogP contribution in [0.15, 0.2) is 11.1 Å². The number of piperidine rings is 1. The van der Waals surface area contributed by atoms with Crippen molar-refractivity contribution in [2.75, 3.05) is 31.1 Å². The SMILES string of the molecule is Cn1c(C(O)N2CCC(O)C2)nc2c(N3CCC(n4c(=O)[nH]c5c4=CCCC=5)CC3)ncnc21. The number of H-pyrrole nitrogens is 1. The lowest BCUT2D eigenvalue weighted by Crippen LogP contribution is -2.42. The van der Waals surface area contributed by atoms with Crippen LogP contribution >= 0.6 is 0 Å². The molecule has 3 aromatic heterocycles. The average molecular weight is 467 g/mol. The van der Waals surface area contributed by atoms with E-state index in [4.69, 9.17) is 4.98 Å². The molecule has 0 spiro atoms. The molecular weight excluding hydrogens is 436 g/mol. The Morgan fingerprint density at radius 2 is 1.91 bits per heavy atom. The maximum Gasteiger partial charge on any atom is 0.326 e. The third-order valence-electron chi connectivity index (χ3n) is 7.42. The van der Waals surface area contributed by atoms with Crippen LogP contribution in [0.3, 0.4) is 0 Å². The van der Waals surface area contributed by atoms with Gasteiger partial charge in [0.25, 0.3) is 0 Å². The second-order valence-corrected chi connectivity index (χ2v) is 9.51. The minimum atomic E-state index is -0.908. The molecule has 3 N–H and O–H groups in total. The van der Waals surface area contributed by atoms with Crippen LogP contribution in [0, 0.1) is 0 Å². The molecule has 2 aliphatic heterocycles. The number of rotatable bonds is 4. The molecule has 2 atom stereocenters. The van der Waals surface area contributed by atoms with Gasteiger partial charge in [-0.2, -0.15) is 0 Å². The van der Waals surface area contributed by atoms with E-state index in [9.17, 15) is 15.0 Å². The van der Waals surface area contributed by atoms with Gasteiger partial charge >= 0.3 is 5.69 Å². The summed E-state index contributed by atoms with van der Waals surface area (Å²) in [6.07, 6.45) is 8.71. The Labute approximate surface area is 195 Å². The summed E-state index contributed by atoms with van der Waals surface area (Å²) in [5.74, 6) is 1.25. The third-order valence-corrected chi connectivity index (χ3v) is 7.42. The highest BCUT2D eigenvalue weighted by Crippen LogP contribution is 2.31. The van der Waals surface area contributed by atoms with Crippen molar-refractivity contribution < 1.29 is 10.2 Å². The molecule has 5 heterocycles. The molecule has 0 amide bonds. The molecule has 0 radical (unpaired) electrons. The summed E-state index contributed by atoms with van der Waals surface area (Å²) in [7, 11) is 1.85. The molecule has 1 aliphatic carbocycles. The van der Waals surface area contributed by atoms with E-state index >= 15 is 0 Å². The molecule has 0 aromatic carbocycles. The van der Waals surface area contributed by atoms with Crippen LogP contribution in [0.25, 0.3) is 23.3 Å². The number of hydrogen-bond acceptors (Lipinski definition) is 8. The number of aliphatic hydroxyl groups excluding tert-OH is 2. The number of aliphatic hydroxyl groups is 2. The van der Waals surface area contributed by atoms with Gasteiger partial charge in [-0.3, -0.25) is 9.47 Å². The van der Waals surface area contributed by atoms with Crippen LogP contribution in [0.1, 0.15) is 50.2 Å². The van der Waals surface area contributed by atoms with Crippen LogP contribution in [0.2, 0.25) is 0 Å². The smallest absolute Gasteiger partial charge is 0.326 e. The first-order valence-corrected chi connectivity index (χ1v) is 12.0. The summed E-state index contributed by atoms with van der Waals surface area (Å²) in [5.41, 5.74) is 1.30. The number of aryl methyl sites for hydroxylation is 1. The first-order chi connectivity index (χ1) is 16.5. The molecule has 180 valence electrons. The lowest BCUT2D eigenvalue weighted by molar-refractivity contribution is 0.00203. The maximum absolute atomic E-state index is 12.6. The van der Waals surface area contributed by atoms with Gasteiger partial charge in [-0.15, -0.1) is 0 Å². The summed E-state index contributed by atoms with van der Waals surface area (Å²) < 4.78 is 3.73. The number of anilines is 1. The zero-order chi connectivity index (χ0) is 23.4. The summed E-state index contributed by atoms with van der Waals surface area (Å²) in [6, 6.07) is 0.145. The molecule has 2 unspecified atom stereocenters. The number of hydrogen-bond donors (Lipinski definition) is 3. The van der Waals surface area contributed by atoms with Crippen molar-refractivity contribution in [1.29, 1.82) is 0 Å². The summed E-state index contributed by atoms with van der Waals surface area (Å²) in [5, 5.41) is 22.7. The zero-order valence-corrected chi connectivity index (χ0v) is 19.3. The molecule has 11 nitrogen and oxygen atoms in total. The highest BCUT2D eigenvalue weighted by Gasteiger charge is 2.31. The summed E-state index contributed by atoms with van der Waals surface area (Å²) >= 11 is 0. The Balaban J connectivity index is 1.27. The van der Waals surface area contributed by atoms with Crippen molar-refractivity contribution in [1.82, 2.24) is 34.0 Å². The molecule has 3 aliphatic rings. The second kappa shape index (κ2) is 8.33. The number of nitrogens with zero attached hydrogens (tertiary/aromatic N) is 7. The van der Waals surface area contributed by atoms with Gasteiger partial charge in [-0.05, 0) is 32.1 Å². The van der Waals surface area contributed by atoms with E-state index in [1.54, 1.807) is 10.9 Å². The number of nitrogens with one attached hydrogen (secondary N) is 1. The first-order valence-electron chi connectivity index (χ1n) is 12.0. The highest BCUT2D eigenvalue weighted by atomic mass is 16.3. The van der Waals surface area contributed by atoms with Gasteiger partial charge in [0.05, 0.1) is 16.8 Å². The normalized spacial score (nSPS) is 22.6. The van der Waals surface area contributed by atoms with Crippen molar-refractivity contribution >= 4 is 29.1 Å². The number of aromatic amines is 1. The van der Waals surface area contributed by atoms with Crippen LogP contribution in [-0.2, 0) is 7.05 Å². The highest BCUT2D eigenvalue weighted by molar-refractivity contribution is 5.84. The minimum Gasteiger partial charge on any atom is -0.392 e. The van der Waals surface area contributed by atoms with E-state index < -0.39 is 12.3 Å². The van der Waals surface area contributed by atoms with E-state index in [2.05, 4.69) is 32.0 Å². The van der Waals surface area contributed by atoms with Gasteiger partial charge in [-0.25, -0.2) is 19.7 Å².